The third-order valence-electron chi connectivity index (χ3n) is 9.30. The summed E-state index contributed by atoms with van der Waals surface area (Å²) in [5.41, 5.74) is 11.9. The maximum absolute atomic E-state index is 11.1. The summed E-state index contributed by atoms with van der Waals surface area (Å²) in [5.74, 6) is 1.08. The zero-order valence-electron chi connectivity index (χ0n) is 33.0. The lowest BCUT2D eigenvalue weighted by Crippen LogP contribution is -2.18. The zero-order chi connectivity index (χ0) is 37.7. The van der Waals surface area contributed by atoms with Crippen LogP contribution < -0.4 is 21.3 Å². The summed E-state index contributed by atoms with van der Waals surface area (Å²) in [4.78, 5) is 0. The fourth-order valence-electron chi connectivity index (χ4n) is 6.83. The number of anilines is 7. The summed E-state index contributed by atoms with van der Waals surface area (Å²) in [6.45, 7) is 22.9. The van der Waals surface area contributed by atoms with Gasteiger partial charge in [0.05, 0.1) is 0 Å². The Balaban J connectivity index is 1.11. The SMILES string of the molecule is CC(Cc1ccc(Nc2ccc(Nc3ccc(Nc4ccc(NCc5cc(C(C)(C)C)c(O)c(C(C)(C)C)c5)cc4)cc3)cc2)cc1)CC(C)(C)C. The Kier molecular flexibility index (Phi) is 11.6. The predicted octanol–water partition coefficient (Wildman–Crippen LogP) is 13.4. The number of hydrogen-bond donors (Lipinski definition) is 5. The highest BCUT2D eigenvalue weighted by atomic mass is 16.3. The van der Waals surface area contributed by atoms with Gasteiger partial charge in [0.15, 0.2) is 0 Å². The number of phenols is 1. The van der Waals surface area contributed by atoms with Crippen LogP contribution in [0, 0.1) is 11.3 Å². The molecule has 1 unspecified atom stereocenters. The van der Waals surface area contributed by atoms with E-state index in [4.69, 9.17) is 0 Å². The van der Waals surface area contributed by atoms with Crippen molar-refractivity contribution in [3.05, 3.63) is 131 Å². The molecule has 5 aromatic rings. The van der Waals surface area contributed by atoms with E-state index in [1.54, 1.807) is 0 Å². The number of rotatable bonds is 12. The minimum absolute atomic E-state index is 0.149. The minimum atomic E-state index is -0.149. The first kappa shape index (κ1) is 38.3. The first-order valence-electron chi connectivity index (χ1n) is 18.7. The molecule has 0 saturated heterocycles. The summed E-state index contributed by atoms with van der Waals surface area (Å²) in [7, 11) is 0. The fraction of sp³-hybridized carbons (Fsp3) is 0.362. The van der Waals surface area contributed by atoms with Crippen molar-refractivity contribution < 1.29 is 5.11 Å². The van der Waals surface area contributed by atoms with Crippen molar-refractivity contribution in [2.75, 3.05) is 21.3 Å². The quantitative estimate of drug-likeness (QED) is 0.0898. The van der Waals surface area contributed by atoms with Crippen LogP contribution in [0.1, 0.15) is 97.9 Å². The number of aromatic hydroxyl groups is 1. The third kappa shape index (κ3) is 11.0. The smallest absolute Gasteiger partial charge is 0.123 e. The van der Waals surface area contributed by atoms with Crippen molar-refractivity contribution in [2.45, 2.75) is 99.5 Å². The summed E-state index contributed by atoms with van der Waals surface area (Å²) in [6.07, 6.45) is 2.34. The van der Waals surface area contributed by atoms with Crippen molar-refractivity contribution in [2.24, 2.45) is 11.3 Å². The van der Waals surface area contributed by atoms with E-state index >= 15 is 0 Å². The van der Waals surface area contributed by atoms with E-state index < -0.39 is 0 Å². The van der Waals surface area contributed by atoms with Crippen LogP contribution in [0.4, 0.5) is 39.8 Å². The van der Waals surface area contributed by atoms with E-state index in [2.05, 4.69) is 200 Å². The van der Waals surface area contributed by atoms with Gasteiger partial charge in [-0.3, -0.25) is 0 Å². The topological polar surface area (TPSA) is 68.3 Å². The van der Waals surface area contributed by atoms with E-state index in [0.29, 0.717) is 23.6 Å². The minimum Gasteiger partial charge on any atom is -0.507 e. The van der Waals surface area contributed by atoms with E-state index in [0.717, 1.165) is 62.9 Å². The molecule has 274 valence electrons. The molecule has 5 nitrogen and oxygen atoms in total. The third-order valence-corrected chi connectivity index (χ3v) is 9.30. The average molecular weight is 697 g/mol. The Morgan fingerprint density at radius 2 is 0.808 bits per heavy atom. The second-order valence-electron chi connectivity index (χ2n) is 17.8. The molecule has 5 heteroatoms. The Morgan fingerprint density at radius 1 is 0.481 bits per heavy atom. The van der Waals surface area contributed by atoms with Crippen molar-refractivity contribution in [1.82, 2.24) is 0 Å². The molecule has 52 heavy (non-hydrogen) atoms. The van der Waals surface area contributed by atoms with Crippen molar-refractivity contribution >= 4 is 39.8 Å². The van der Waals surface area contributed by atoms with Gasteiger partial charge in [-0.2, -0.15) is 0 Å². The van der Waals surface area contributed by atoms with Crippen LogP contribution in [-0.4, -0.2) is 5.11 Å². The lowest BCUT2D eigenvalue weighted by Gasteiger charge is -2.28. The Hall–Kier alpha value is -4.90. The van der Waals surface area contributed by atoms with Crippen molar-refractivity contribution in [3.8, 4) is 5.75 Å². The molecule has 0 radical (unpaired) electrons. The maximum atomic E-state index is 11.1. The van der Waals surface area contributed by atoms with Gasteiger partial charge < -0.3 is 26.4 Å². The van der Waals surface area contributed by atoms with Crippen LogP contribution in [0.25, 0.3) is 0 Å². The molecule has 0 bridgehead atoms. The van der Waals surface area contributed by atoms with Crippen molar-refractivity contribution in [3.63, 3.8) is 0 Å². The van der Waals surface area contributed by atoms with E-state index in [-0.39, 0.29) is 10.8 Å². The van der Waals surface area contributed by atoms with Gasteiger partial charge in [0.1, 0.15) is 5.75 Å². The molecule has 0 amide bonds. The number of phenolic OH excluding ortho intramolecular Hbond substituents is 1. The molecule has 5 N–H and O–H groups in total. The van der Waals surface area contributed by atoms with E-state index in [1.807, 2.05) is 0 Å². The van der Waals surface area contributed by atoms with Crippen LogP contribution in [0.2, 0.25) is 0 Å². The van der Waals surface area contributed by atoms with Gasteiger partial charge in [-0.15, -0.1) is 0 Å². The fourth-order valence-corrected chi connectivity index (χ4v) is 6.83. The summed E-state index contributed by atoms with van der Waals surface area (Å²) >= 11 is 0. The van der Waals surface area contributed by atoms with Gasteiger partial charge in [-0.05, 0) is 154 Å². The number of benzene rings is 5. The predicted molar refractivity (Wildman–Crippen MR) is 225 cm³/mol. The van der Waals surface area contributed by atoms with Crippen LogP contribution in [0.3, 0.4) is 0 Å². The van der Waals surface area contributed by atoms with Crippen molar-refractivity contribution in [1.29, 1.82) is 0 Å². The average Bonchev–Trinajstić information content (AvgIpc) is 3.06. The molecule has 0 fully saturated rings. The van der Waals surface area contributed by atoms with Crippen LogP contribution in [0.15, 0.2) is 109 Å². The van der Waals surface area contributed by atoms with Gasteiger partial charge in [0, 0.05) is 46.4 Å². The largest absolute Gasteiger partial charge is 0.507 e. The van der Waals surface area contributed by atoms with E-state index in [1.165, 1.54) is 12.0 Å². The molecular weight excluding hydrogens is 637 g/mol. The lowest BCUT2D eigenvalue weighted by atomic mass is 9.78. The summed E-state index contributed by atoms with van der Waals surface area (Å²) in [6, 6.07) is 38.2. The Labute approximate surface area is 313 Å². The Bertz CT molecular complexity index is 1850. The molecule has 0 aromatic heterocycles. The Morgan fingerprint density at radius 3 is 1.13 bits per heavy atom. The molecule has 0 aliphatic carbocycles. The zero-order valence-corrected chi connectivity index (χ0v) is 33.0. The van der Waals surface area contributed by atoms with Crippen LogP contribution >= 0.6 is 0 Å². The van der Waals surface area contributed by atoms with Crippen LogP contribution in [-0.2, 0) is 23.8 Å². The maximum Gasteiger partial charge on any atom is 0.123 e. The molecule has 0 aliphatic heterocycles. The molecule has 5 aromatic carbocycles. The first-order chi connectivity index (χ1) is 24.4. The number of nitrogens with one attached hydrogen (secondary N) is 4. The second kappa shape index (κ2) is 15.8. The molecule has 0 heterocycles. The standard InChI is InChI=1S/C47H60N4O/c1-32(30-45(2,3)4)27-33-11-13-36(14-12-33)49-38-19-21-40(22-20-38)51-41-25-23-39(24-26-41)50-37-17-15-35(16-18-37)48-31-34-28-42(46(5,6)7)44(52)43(29-34)47(8,9)10/h11-26,28-29,32,48-52H,27,30-31H2,1-10H3. The molecule has 0 spiro atoms. The monoisotopic (exact) mass is 696 g/mol. The second-order valence-corrected chi connectivity index (χ2v) is 17.8. The van der Waals surface area contributed by atoms with Gasteiger partial charge in [0.2, 0.25) is 0 Å². The molecule has 0 saturated carbocycles. The van der Waals surface area contributed by atoms with Gasteiger partial charge in [-0.1, -0.05) is 81.4 Å². The highest BCUT2D eigenvalue weighted by Crippen LogP contribution is 2.40. The highest BCUT2D eigenvalue weighted by molar-refractivity contribution is 5.69. The summed E-state index contributed by atoms with van der Waals surface area (Å²) < 4.78 is 0. The van der Waals surface area contributed by atoms with Gasteiger partial charge >= 0.3 is 0 Å². The van der Waals surface area contributed by atoms with E-state index in [9.17, 15) is 5.11 Å². The molecule has 0 aliphatic rings. The van der Waals surface area contributed by atoms with Gasteiger partial charge in [0.25, 0.3) is 0 Å². The lowest BCUT2D eigenvalue weighted by molar-refractivity contribution is 0.306. The van der Waals surface area contributed by atoms with Crippen LogP contribution in [0.5, 0.6) is 5.75 Å². The molecule has 5 rings (SSSR count). The normalized spacial score (nSPS) is 12.7. The molecular formula is C47H60N4O. The summed E-state index contributed by atoms with van der Waals surface area (Å²) in [5, 5.41) is 25.2. The van der Waals surface area contributed by atoms with Gasteiger partial charge in [-0.25, -0.2) is 0 Å². The first-order valence-corrected chi connectivity index (χ1v) is 18.7. The highest BCUT2D eigenvalue weighted by Gasteiger charge is 2.26. The number of hydrogen-bond acceptors (Lipinski definition) is 5. The molecule has 1 atom stereocenters.